The summed E-state index contributed by atoms with van der Waals surface area (Å²) in [7, 11) is 0. The first-order valence-corrected chi connectivity index (χ1v) is 16.1. The van der Waals surface area contributed by atoms with E-state index in [-0.39, 0.29) is 18.2 Å². The first-order chi connectivity index (χ1) is 22.5. The van der Waals surface area contributed by atoms with Crippen molar-refractivity contribution in [1.82, 2.24) is 20.2 Å². The second-order valence-electron chi connectivity index (χ2n) is 13.9. The van der Waals surface area contributed by atoms with Crippen LogP contribution in [0.3, 0.4) is 0 Å². The second kappa shape index (κ2) is 13.3. The van der Waals surface area contributed by atoms with Crippen LogP contribution in [0.5, 0.6) is 0 Å². The highest BCUT2D eigenvalue weighted by Crippen LogP contribution is 2.48. The van der Waals surface area contributed by atoms with Crippen molar-refractivity contribution in [2.75, 3.05) is 5.32 Å². The lowest BCUT2D eigenvalue weighted by molar-refractivity contribution is -0.124. The molecule has 1 aliphatic rings. The van der Waals surface area contributed by atoms with Crippen molar-refractivity contribution in [3.63, 3.8) is 0 Å². The lowest BCUT2D eigenvalue weighted by atomic mass is 9.94. The van der Waals surface area contributed by atoms with Crippen LogP contribution in [0.4, 0.5) is 15.3 Å². The normalized spacial score (nSPS) is 14.5. The largest absolute Gasteiger partial charge is 0.444 e. The zero-order valence-electron chi connectivity index (χ0n) is 27.8. The lowest BCUT2D eigenvalue weighted by Gasteiger charge is -2.26. The Morgan fingerprint density at radius 2 is 1.52 bits per heavy atom. The molecule has 2 heterocycles. The molecule has 1 unspecified atom stereocenters. The molecule has 1 saturated carbocycles. The molecule has 12 heteroatoms. The van der Waals surface area contributed by atoms with Crippen molar-refractivity contribution in [3.8, 4) is 0 Å². The van der Waals surface area contributed by atoms with Crippen molar-refractivity contribution in [2.24, 2.45) is 0 Å². The number of rotatable bonds is 8. The molecule has 0 radical (unpaired) electrons. The minimum atomic E-state index is -0.782. The Labute approximate surface area is 284 Å². The fraction of sp³-hybridized carbons (Fsp3) is 0.361. The van der Waals surface area contributed by atoms with Gasteiger partial charge in [-0.1, -0.05) is 35.9 Å². The van der Waals surface area contributed by atoms with Crippen LogP contribution in [-0.2, 0) is 26.1 Å². The maximum atomic E-state index is 13.6. The molecule has 0 saturated heterocycles. The Kier molecular flexibility index (Phi) is 9.55. The zero-order chi connectivity index (χ0) is 34.9. The number of hydrogen-bond acceptors (Lipinski definition) is 7. The third-order valence-corrected chi connectivity index (χ3v) is 7.91. The summed E-state index contributed by atoms with van der Waals surface area (Å²) in [6.45, 7) is 10.6. The number of fused-ring (bicyclic) bond motifs is 1. The van der Waals surface area contributed by atoms with Crippen LogP contribution in [0.1, 0.15) is 75.9 Å². The summed E-state index contributed by atoms with van der Waals surface area (Å²) in [4.78, 5) is 56.5. The van der Waals surface area contributed by atoms with Gasteiger partial charge in [-0.15, -0.1) is 0 Å². The molecule has 0 bridgehead atoms. The highest BCUT2D eigenvalue weighted by atomic mass is 35.5. The highest BCUT2D eigenvalue weighted by Gasteiger charge is 2.51. The minimum Gasteiger partial charge on any atom is -0.444 e. The molecule has 1 aliphatic carbocycles. The third-order valence-electron chi connectivity index (χ3n) is 7.66. The molecule has 1 atom stereocenters. The average Bonchev–Trinajstić information content (AvgIpc) is 3.68. The summed E-state index contributed by atoms with van der Waals surface area (Å²) < 4.78 is 12.2. The Hall–Kier alpha value is -4.90. The molecule has 48 heavy (non-hydrogen) atoms. The van der Waals surface area contributed by atoms with Crippen LogP contribution in [0, 0.1) is 0 Å². The van der Waals surface area contributed by atoms with Crippen molar-refractivity contribution < 1.29 is 28.7 Å². The first-order valence-electron chi connectivity index (χ1n) is 15.7. The van der Waals surface area contributed by atoms with Crippen LogP contribution >= 0.6 is 11.6 Å². The number of alkyl carbamates (subject to hydrolysis) is 1. The lowest BCUT2D eigenvalue weighted by Crippen LogP contribution is -2.53. The fourth-order valence-corrected chi connectivity index (χ4v) is 5.38. The molecule has 2 aromatic heterocycles. The van der Waals surface area contributed by atoms with Gasteiger partial charge in [0.2, 0.25) is 5.91 Å². The summed E-state index contributed by atoms with van der Waals surface area (Å²) in [5.41, 5.74) is 0.756. The molecule has 0 spiro atoms. The van der Waals surface area contributed by atoms with Gasteiger partial charge in [-0.05, 0) is 102 Å². The minimum absolute atomic E-state index is 0.203. The van der Waals surface area contributed by atoms with Crippen LogP contribution < -0.4 is 16.0 Å². The maximum absolute atomic E-state index is 13.6. The van der Waals surface area contributed by atoms with Gasteiger partial charge in [0.25, 0.3) is 5.91 Å². The van der Waals surface area contributed by atoms with Gasteiger partial charge in [0.15, 0.2) is 5.65 Å². The van der Waals surface area contributed by atoms with Crippen LogP contribution in [0.25, 0.3) is 11.0 Å². The number of benzene rings is 2. The van der Waals surface area contributed by atoms with Crippen LogP contribution in [-0.4, -0.2) is 50.9 Å². The Morgan fingerprint density at radius 1 is 0.875 bits per heavy atom. The number of halogens is 1. The van der Waals surface area contributed by atoms with E-state index in [1.807, 2.05) is 12.1 Å². The third kappa shape index (κ3) is 8.32. The standard InChI is InChI=1S/C36H40ClN5O6/c1-34(2,3)47-32(45)41-28(40-31(44)36(17-18-36)24-11-13-25(37)14-12-24)21-22-7-9-23(10-8-22)30(43)39-27-15-19-38-29-26(27)16-20-42(29)33(46)48-35(4,5)6/h7-16,19-20,28H,17-18,21H2,1-6H3,(H,40,44)(H,41,45)(H,38,39,43). The Bertz CT molecular complexity index is 1830. The second-order valence-corrected chi connectivity index (χ2v) is 14.3. The van der Waals surface area contributed by atoms with Crippen molar-refractivity contribution in [1.29, 1.82) is 0 Å². The predicted molar refractivity (Wildman–Crippen MR) is 183 cm³/mol. The number of anilines is 1. The number of aromatic nitrogens is 2. The number of pyridine rings is 1. The van der Waals surface area contributed by atoms with Gasteiger partial charge in [-0.25, -0.2) is 19.1 Å². The zero-order valence-corrected chi connectivity index (χ0v) is 28.6. The predicted octanol–water partition coefficient (Wildman–Crippen LogP) is 6.97. The van der Waals surface area contributed by atoms with Crippen molar-refractivity contribution >= 4 is 52.3 Å². The van der Waals surface area contributed by atoms with Crippen molar-refractivity contribution in [2.45, 2.75) is 83.6 Å². The van der Waals surface area contributed by atoms with E-state index in [2.05, 4.69) is 20.9 Å². The molecular weight excluding hydrogens is 634 g/mol. The fourth-order valence-electron chi connectivity index (χ4n) is 5.25. The number of hydrogen-bond donors (Lipinski definition) is 3. The molecule has 4 aromatic rings. The van der Waals surface area contributed by atoms with E-state index in [9.17, 15) is 19.2 Å². The molecule has 252 valence electrons. The van der Waals surface area contributed by atoms with Gasteiger partial charge in [-0.2, -0.15) is 0 Å². The van der Waals surface area contributed by atoms with Gasteiger partial charge >= 0.3 is 12.2 Å². The first kappa shape index (κ1) is 34.4. The van der Waals surface area contributed by atoms with E-state index < -0.39 is 35.0 Å². The summed E-state index contributed by atoms with van der Waals surface area (Å²) in [6.07, 6.45) is 2.64. The number of ether oxygens (including phenoxy) is 2. The summed E-state index contributed by atoms with van der Waals surface area (Å²) in [6, 6.07) is 17.4. The monoisotopic (exact) mass is 673 g/mol. The molecular formula is C36H40ClN5O6. The quantitative estimate of drug-likeness (QED) is 0.172. The van der Waals surface area contributed by atoms with E-state index in [1.54, 1.807) is 96.3 Å². The van der Waals surface area contributed by atoms with E-state index in [4.69, 9.17) is 21.1 Å². The maximum Gasteiger partial charge on any atom is 0.420 e. The van der Waals surface area contributed by atoms with E-state index in [1.165, 1.54) is 10.8 Å². The van der Waals surface area contributed by atoms with Gasteiger partial charge < -0.3 is 25.4 Å². The molecule has 5 rings (SSSR count). The number of carbonyl (C=O) groups is 4. The Balaban J connectivity index is 1.29. The molecule has 11 nitrogen and oxygen atoms in total. The number of amides is 3. The van der Waals surface area contributed by atoms with E-state index in [0.29, 0.717) is 40.1 Å². The van der Waals surface area contributed by atoms with Gasteiger partial charge in [-0.3, -0.25) is 9.59 Å². The van der Waals surface area contributed by atoms with E-state index in [0.717, 1.165) is 11.1 Å². The van der Waals surface area contributed by atoms with Gasteiger partial charge in [0.05, 0.1) is 11.1 Å². The molecule has 0 aliphatic heterocycles. The molecule has 3 amide bonds. The molecule has 3 N–H and O–H groups in total. The summed E-state index contributed by atoms with van der Waals surface area (Å²) in [5, 5.41) is 9.85. The van der Waals surface area contributed by atoms with Crippen LogP contribution in [0.15, 0.2) is 73.1 Å². The van der Waals surface area contributed by atoms with E-state index >= 15 is 0 Å². The van der Waals surface area contributed by atoms with Gasteiger partial charge in [0, 0.05) is 34.8 Å². The van der Waals surface area contributed by atoms with Gasteiger partial charge in [0.1, 0.15) is 17.4 Å². The average molecular weight is 674 g/mol. The number of nitrogens with one attached hydrogen (secondary N) is 3. The number of carbonyl (C=O) groups excluding carboxylic acids is 4. The summed E-state index contributed by atoms with van der Waals surface area (Å²) in [5.74, 6) is -0.569. The Morgan fingerprint density at radius 3 is 2.12 bits per heavy atom. The molecule has 2 aromatic carbocycles. The number of nitrogens with zero attached hydrogens (tertiary/aromatic N) is 2. The topological polar surface area (TPSA) is 141 Å². The van der Waals surface area contributed by atoms with Crippen molar-refractivity contribution in [3.05, 3.63) is 94.8 Å². The molecule has 1 fully saturated rings. The summed E-state index contributed by atoms with van der Waals surface area (Å²) >= 11 is 6.06. The van der Waals surface area contributed by atoms with Crippen LogP contribution in [0.2, 0.25) is 5.02 Å². The highest BCUT2D eigenvalue weighted by molar-refractivity contribution is 6.30. The SMILES string of the molecule is CC(C)(C)OC(=O)NC(Cc1ccc(C(=O)Nc2ccnc3c2ccn3C(=O)OC(C)(C)C)cc1)NC(=O)C1(c2ccc(Cl)cc2)CC1. The smallest absolute Gasteiger partial charge is 0.420 e.